The van der Waals surface area contributed by atoms with Crippen LogP contribution < -0.4 is 0 Å². The summed E-state index contributed by atoms with van der Waals surface area (Å²) >= 11 is 11.7. The quantitative estimate of drug-likeness (QED) is 0.810. The van der Waals surface area contributed by atoms with Crippen molar-refractivity contribution in [1.29, 1.82) is 5.26 Å². The zero-order valence-corrected chi connectivity index (χ0v) is 12.7. The molecule has 0 fully saturated rings. The number of benzene rings is 1. The smallest absolute Gasteiger partial charge is 0.307 e. The summed E-state index contributed by atoms with van der Waals surface area (Å²) in [5.74, 6) is -1.85. The molecule has 0 spiro atoms. The van der Waals surface area contributed by atoms with Crippen LogP contribution in [0.5, 0.6) is 0 Å². The van der Waals surface area contributed by atoms with E-state index in [1.54, 1.807) is 6.92 Å². The fourth-order valence-corrected chi connectivity index (χ4v) is 2.22. The van der Waals surface area contributed by atoms with Crippen molar-refractivity contribution < 1.29 is 19.4 Å². The fourth-order valence-electron chi connectivity index (χ4n) is 1.92. The molecule has 0 aromatic heterocycles. The van der Waals surface area contributed by atoms with Crippen LogP contribution in [0.1, 0.15) is 25.3 Å². The summed E-state index contributed by atoms with van der Waals surface area (Å²) in [6.07, 6.45) is -0.915. The first-order valence-electron chi connectivity index (χ1n) is 6.09. The van der Waals surface area contributed by atoms with E-state index in [0.29, 0.717) is 5.56 Å². The minimum atomic E-state index is -1.55. The number of ether oxygens (including phenoxy) is 1. The lowest BCUT2D eigenvalue weighted by atomic mass is 9.76. The molecular formula is C14H13Cl2NO4. The highest BCUT2D eigenvalue weighted by Crippen LogP contribution is 2.35. The molecule has 0 saturated heterocycles. The maximum Gasteiger partial charge on any atom is 0.307 e. The molecule has 5 nitrogen and oxygen atoms in total. The molecule has 0 heterocycles. The Balaban J connectivity index is 3.28. The summed E-state index contributed by atoms with van der Waals surface area (Å²) in [5, 5.41) is 19.0. The topological polar surface area (TPSA) is 87.4 Å². The van der Waals surface area contributed by atoms with Gasteiger partial charge in [0.25, 0.3) is 0 Å². The van der Waals surface area contributed by atoms with Crippen LogP contribution in [0, 0.1) is 11.3 Å². The first-order chi connectivity index (χ1) is 9.84. The number of carboxylic acids is 1. The minimum absolute atomic E-state index is 0.148. The third kappa shape index (κ3) is 4.35. The summed E-state index contributed by atoms with van der Waals surface area (Å²) in [5.41, 5.74) is -1.23. The van der Waals surface area contributed by atoms with E-state index >= 15 is 0 Å². The van der Waals surface area contributed by atoms with E-state index in [9.17, 15) is 14.9 Å². The van der Waals surface area contributed by atoms with Crippen molar-refractivity contribution in [1.82, 2.24) is 0 Å². The number of carbonyl (C=O) groups excluding carboxylic acids is 1. The Kier molecular flexibility index (Phi) is 6.01. The molecule has 0 saturated carbocycles. The number of rotatable bonds is 6. The number of hydrogen-bond acceptors (Lipinski definition) is 4. The molecule has 1 rings (SSSR count). The van der Waals surface area contributed by atoms with E-state index < -0.39 is 23.8 Å². The molecule has 0 bridgehead atoms. The van der Waals surface area contributed by atoms with Crippen molar-refractivity contribution in [2.24, 2.45) is 0 Å². The summed E-state index contributed by atoms with van der Waals surface area (Å²) in [6.45, 7) is 1.77. The van der Waals surface area contributed by atoms with Gasteiger partial charge in [-0.3, -0.25) is 9.59 Å². The molecule has 1 unspecified atom stereocenters. The Morgan fingerprint density at radius 3 is 2.48 bits per heavy atom. The Morgan fingerprint density at radius 2 is 2.00 bits per heavy atom. The molecule has 7 heteroatoms. The van der Waals surface area contributed by atoms with Gasteiger partial charge in [-0.05, 0) is 24.6 Å². The molecular weight excluding hydrogens is 317 g/mol. The van der Waals surface area contributed by atoms with Gasteiger partial charge in [0.05, 0.1) is 35.6 Å². The minimum Gasteiger partial charge on any atom is -0.481 e. The van der Waals surface area contributed by atoms with E-state index in [-0.39, 0.29) is 23.1 Å². The van der Waals surface area contributed by atoms with Crippen molar-refractivity contribution in [3.05, 3.63) is 33.8 Å². The number of hydrogen-bond donors (Lipinski definition) is 1. The molecule has 1 N–H and O–H groups in total. The molecule has 0 aliphatic carbocycles. The van der Waals surface area contributed by atoms with Gasteiger partial charge in [0.1, 0.15) is 5.41 Å². The Bertz CT molecular complexity index is 597. The normalized spacial score (nSPS) is 13.0. The SMILES string of the molecule is CCOC(=O)CC(C#N)(CC(=O)O)c1ccc(Cl)c(Cl)c1. The zero-order chi connectivity index (χ0) is 16.0. The fraction of sp³-hybridized carbons (Fsp3) is 0.357. The van der Waals surface area contributed by atoms with Crippen LogP contribution in [0.15, 0.2) is 18.2 Å². The second-order valence-electron chi connectivity index (χ2n) is 4.38. The number of aliphatic carboxylic acids is 1. The number of esters is 1. The summed E-state index contributed by atoms with van der Waals surface area (Å²) in [6, 6.07) is 6.26. The highest BCUT2D eigenvalue weighted by Gasteiger charge is 2.38. The van der Waals surface area contributed by atoms with E-state index in [4.69, 9.17) is 33.0 Å². The van der Waals surface area contributed by atoms with E-state index in [1.807, 2.05) is 6.07 Å². The van der Waals surface area contributed by atoms with Crippen LogP contribution in [0.4, 0.5) is 0 Å². The number of carboxylic acid groups (broad SMARTS) is 1. The van der Waals surface area contributed by atoms with E-state index in [1.165, 1.54) is 18.2 Å². The van der Waals surface area contributed by atoms with Gasteiger partial charge >= 0.3 is 11.9 Å². The van der Waals surface area contributed by atoms with Gasteiger partial charge in [-0.1, -0.05) is 29.3 Å². The van der Waals surface area contributed by atoms with Crippen molar-refractivity contribution in [3.8, 4) is 6.07 Å². The second kappa shape index (κ2) is 7.30. The Labute approximate surface area is 132 Å². The molecule has 0 aliphatic heterocycles. The third-order valence-electron chi connectivity index (χ3n) is 2.89. The van der Waals surface area contributed by atoms with Gasteiger partial charge in [-0.25, -0.2) is 0 Å². The number of nitriles is 1. The lowest BCUT2D eigenvalue weighted by molar-refractivity contribution is -0.145. The van der Waals surface area contributed by atoms with E-state index in [0.717, 1.165) is 0 Å². The maximum atomic E-state index is 11.7. The van der Waals surface area contributed by atoms with Crippen LogP contribution in [-0.2, 0) is 19.7 Å². The van der Waals surface area contributed by atoms with Gasteiger partial charge in [0, 0.05) is 0 Å². The van der Waals surface area contributed by atoms with Gasteiger partial charge in [-0.2, -0.15) is 5.26 Å². The third-order valence-corrected chi connectivity index (χ3v) is 3.63. The highest BCUT2D eigenvalue weighted by molar-refractivity contribution is 6.42. The van der Waals surface area contributed by atoms with Crippen LogP contribution in [0.25, 0.3) is 0 Å². The maximum absolute atomic E-state index is 11.7. The lowest BCUT2D eigenvalue weighted by Crippen LogP contribution is -2.31. The van der Waals surface area contributed by atoms with Crippen LogP contribution >= 0.6 is 23.2 Å². The predicted octanol–water partition coefficient (Wildman–Crippen LogP) is 3.18. The number of halogens is 2. The zero-order valence-electron chi connectivity index (χ0n) is 11.2. The molecule has 1 aromatic rings. The molecule has 0 amide bonds. The van der Waals surface area contributed by atoms with Gasteiger partial charge < -0.3 is 9.84 Å². The molecule has 21 heavy (non-hydrogen) atoms. The average Bonchev–Trinajstić information content (AvgIpc) is 2.40. The van der Waals surface area contributed by atoms with Crippen LogP contribution in [0.2, 0.25) is 10.0 Å². The first-order valence-corrected chi connectivity index (χ1v) is 6.84. The number of nitrogens with zero attached hydrogens (tertiary/aromatic N) is 1. The summed E-state index contributed by atoms with van der Waals surface area (Å²) < 4.78 is 4.81. The molecule has 1 atom stereocenters. The lowest BCUT2D eigenvalue weighted by Gasteiger charge is -2.24. The Hall–Kier alpha value is -1.77. The van der Waals surface area contributed by atoms with Gasteiger partial charge in [-0.15, -0.1) is 0 Å². The van der Waals surface area contributed by atoms with Gasteiger partial charge in [0.15, 0.2) is 0 Å². The van der Waals surface area contributed by atoms with Crippen LogP contribution in [-0.4, -0.2) is 23.7 Å². The standard InChI is InChI=1S/C14H13Cl2NO4/c1-2-21-13(20)7-14(8-17,6-12(18)19)9-3-4-10(15)11(16)5-9/h3-5H,2,6-7H2,1H3,(H,18,19). The number of carbonyl (C=O) groups is 2. The first kappa shape index (κ1) is 17.3. The monoisotopic (exact) mass is 329 g/mol. The van der Waals surface area contributed by atoms with Crippen molar-refractivity contribution >= 4 is 35.1 Å². The average molecular weight is 330 g/mol. The van der Waals surface area contributed by atoms with Gasteiger partial charge in [0.2, 0.25) is 0 Å². The van der Waals surface area contributed by atoms with E-state index in [2.05, 4.69) is 0 Å². The summed E-state index contributed by atoms with van der Waals surface area (Å²) in [4.78, 5) is 22.8. The highest BCUT2D eigenvalue weighted by atomic mass is 35.5. The second-order valence-corrected chi connectivity index (χ2v) is 5.19. The molecule has 112 valence electrons. The molecule has 1 aromatic carbocycles. The molecule has 0 radical (unpaired) electrons. The van der Waals surface area contributed by atoms with Crippen molar-refractivity contribution in [3.63, 3.8) is 0 Å². The van der Waals surface area contributed by atoms with Crippen molar-refractivity contribution in [2.75, 3.05) is 6.61 Å². The van der Waals surface area contributed by atoms with Crippen molar-refractivity contribution in [2.45, 2.75) is 25.2 Å². The largest absolute Gasteiger partial charge is 0.481 e. The summed E-state index contributed by atoms with van der Waals surface area (Å²) in [7, 11) is 0. The van der Waals surface area contributed by atoms with Crippen LogP contribution in [0.3, 0.4) is 0 Å². The molecule has 0 aliphatic rings. The predicted molar refractivity (Wildman–Crippen MR) is 77.3 cm³/mol. The Morgan fingerprint density at radius 1 is 1.33 bits per heavy atom.